The number of carboxylic acid groups (broad SMARTS) is 1. The lowest BCUT2D eigenvalue weighted by molar-refractivity contribution is -0.140. The lowest BCUT2D eigenvalue weighted by atomic mass is 9.88. The van der Waals surface area contributed by atoms with Gasteiger partial charge in [0.05, 0.1) is 6.42 Å². The number of aliphatic carboxylic acids is 1. The van der Waals surface area contributed by atoms with Crippen molar-refractivity contribution in [3.8, 4) is 0 Å². The van der Waals surface area contributed by atoms with E-state index >= 15 is 0 Å². The SMILES string of the molecule is NC(=O)[C@@H](CC(=O)O)NC(=O)C1CCCCC1. The second-order valence-corrected chi connectivity index (χ2v) is 4.40. The molecule has 0 unspecified atom stereocenters. The van der Waals surface area contributed by atoms with Crippen LogP contribution in [0.25, 0.3) is 0 Å². The van der Waals surface area contributed by atoms with E-state index in [-0.39, 0.29) is 11.8 Å². The first-order valence-corrected chi connectivity index (χ1v) is 5.82. The summed E-state index contributed by atoms with van der Waals surface area (Å²) < 4.78 is 0. The standard InChI is InChI=1S/C11H18N2O4/c12-10(16)8(6-9(14)15)13-11(17)7-4-2-1-3-5-7/h7-8H,1-6H2,(H2,12,16)(H,13,17)(H,14,15)/t8-/m1/s1. The van der Waals surface area contributed by atoms with Crippen molar-refractivity contribution in [2.45, 2.75) is 44.6 Å². The van der Waals surface area contributed by atoms with Crippen LogP contribution in [0.3, 0.4) is 0 Å². The summed E-state index contributed by atoms with van der Waals surface area (Å²) >= 11 is 0. The van der Waals surface area contributed by atoms with Gasteiger partial charge in [-0.2, -0.15) is 0 Å². The van der Waals surface area contributed by atoms with Crippen molar-refractivity contribution in [2.75, 3.05) is 0 Å². The second-order valence-electron chi connectivity index (χ2n) is 4.40. The first-order chi connectivity index (χ1) is 8.00. The molecule has 17 heavy (non-hydrogen) atoms. The smallest absolute Gasteiger partial charge is 0.305 e. The Bertz CT molecular complexity index is 311. The van der Waals surface area contributed by atoms with Gasteiger partial charge in [0.1, 0.15) is 6.04 Å². The molecule has 1 aliphatic carbocycles. The molecule has 0 aliphatic heterocycles. The predicted molar refractivity (Wildman–Crippen MR) is 60.0 cm³/mol. The topological polar surface area (TPSA) is 109 Å². The van der Waals surface area contributed by atoms with Gasteiger partial charge in [0.2, 0.25) is 11.8 Å². The van der Waals surface area contributed by atoms with Gasteiger partial charge in [0.25, 0.3) is 0 Å². The minimum Gasteiger partial charge on any atom is -0.481 e. The van der Waals surface area contributed by atoms with E-state index in [1.807, 2.05) is 0 Å². The highest BCUT2D eigenvalue weighted by atomic mass is 16.4. The summed E-state index contributed by atoms with van der Waals surface area (Å²) in [5.41, 5.74) is 5.05. The Morgan fingerprint density at radius 2 is 1.82 bits per heavy atom. The van der Waals surface area contributed by atoms with Gasteiger partial charge in [-0.15, -0.1) is 0 Å². The van der Waals surface area contributed by atoms with Crippen LogP contribution in [0.4, 0.5) is 0 Å². The fourth-order valence-corrected chi connectivity index (χ4v) is 2.05. The Balaban J connectivity index is 2.50. The highest BCUT2D eigenvalue weighted by molar-refractivity contribution is 5.90. The number of carboxylic acids is 1. The summed E-state index contributed by atoms with van der Waals surface area (Å²) in [6, 6.07) is -1.11. The van der Waals surface area contributed by atoms with E-state index in [1.165, 1.54) is 0 Å². The molecule has 0 aromatic rings. The highest BCUT2D eigenvalue weighted by Crippen LogP contribution is 2.23. The van der Waals surface area contributed by atoms with E-state index in [0.717, 1.165) is 32.1 Å². The van der Waals surface area contributed by atoms with Crippen LogP contribution in [0.15, 0.2) is 0 Å². The lowest BCUT2D eigenvalue weighted by Gasteiger charge is -2.23. The van der Waals surface area contributed by atoms with Crippen LogP contribution in [-0.2, 0) is 14.4 Å². The molecule has 0 radical (unpaired) electrons. The van der Waals surface area contributed by atoms with Gasteiger partial charge in [-0.1, -0.05) is 19.3 Å². The average Bonchev–Trinajstić information content (AvgIpc) is 2.28. The maximum atomic E-state index is 11.8. The van der Waals surface area contributed by atoms with Gasteiger partial charge in [0, 0.05) is 5.92 Å². The number of carbonyl (C=O) groups is 3. The minimum absolute atomic E-state index is 0.112. The number of carbonyl (C=O) groups excluding carboxylic acids is 2. The molecule has 0 heterocycles. The maximum absolute atomic E-state index is 11.8. The van der Waals surface area contributed by atoms with Crippen molar-refractivity contribution in [1.82, 2.24) is 5.32 Å². The molecule has 6 heteroatoms. The number of rotatable bonds is 5. The van der Waals surface area contributed by atoms with Crippen molar-refractivity contribution in [3.05, 3.63) is 0 Å². The van der Waals surface area contributed by atoms with Crippen LogP contribution < -0.4 is 11.1 Å². The molecule has 0 aromatic heterocycles. The third kappa shape index (κ3) is 4.42. The molecule has 0 spiro atoms. The van der Waals surface area contributed by atoms with Crippen molar-refractivity contribution in [1.29, 1.82) is 0 Å². The maximum Gasteiger partial charge on any atom is 0.305 e. The van der Waals surface area contributed by atoms with E-state index in [1.54, 1.807) is 0 Å². The highest BCUT2D eigenvalue weighted by Gasteiger charge is 2.26. The number of hydrogen-bond donors (Lipinski definition) is 3. The number of amides is 2. The van der Waals surface area contributed by atoms with Gasteiger partial charge in [-0.25, -0.2) is 0 Å². The molecular formula is C11H18N2O4. The first kappa shape index (κ1) is 13.5. The van der Waals surface area contributed by atoms with Gasteiger partial charge < -0.3 is 16.2 Å². The molecule has 2 amide bonds. The number of nitrogens with two attached hydrogens (primary N) is 1. The van der Waals surface area contributed by atoms with Gasteiger partial charge in [-0.3, -0.25) is 14.4 Å². The first-order valence-electron chi connectivity index (χ1n) is 5.82. The van der Waals surface area contributed by atoms with Crippen molar-refractivity contribution < 1.29 is 19.5 Å². The monoisotopic (exact) mass is 242 g/mol. The van der Waals surface area contributed by atoms with E-state index in [9.17, 15) is 14.4 Å². The molecule has 0 bridgehead atoms. The molecular weight excluding hydrogens is 224 g/mol. The molecule has 4 N–H and O–H groups in total. The molecule has 6 nitrogen and oxygen atoms in total. The largest absolute Gasteiger partial charge is 0.481 e. The summed E-state index contributed by atoms with van der Waals surface area (Å²) in [5.74, 6) is -2.33. The van der Waals surface area contributed by atoms with Crippen LogP contribution in [0, 0.1) is 5.92 Å². The minimum atomic E-state index is -1.15. The third-order valence-electron chi connectivity index (χ3n) is 3.01. The zero-order chi connectivity index (χ0) is 12.8. The van der Waals surface area contributed by atoms with Gasteiger partial charge in [-0.05, 0) is 12.8 Å². The molecule has 0 saturated heterocycles. The number of primary amides is 1. The number of nitrogens with one attached hydrogen (secondary N) is 1. The Hall–Kier alpha value is -1.59. The molecule has 1 aliphatic rings. The second kappa shape index (κ2) is 6.22. The zero-order valence-corrected chi connectivity index (χ0v) is 9.65. The molecule has 1 saturated carbocycles. The molecule has 1 fully saturated rings. The Morgan fingerprint density at radius 3 is 2.29 bits per heavy atom. The molecule has 1 rings (SSSR count). The van der Waals surface area contributed by atoms with Crippen LogP contribution in [0.2, 0.25) is 0 Å². The zero-order valence-electron chi connectivity index (χ0n) is 9.65. The fourth-order valence-electron chi connectivity index (χ4n) is 2.05. The third-order valence-corrected chi connectivity index (χ3v) is 3.01. The van der Waals surface area contributed by atoms with E-state index in [4.69, 9.17) is 10.8 Å². The summed E-state index contributed by atoms with van der Waals surface area (Å²) in [6.07, 6.45) is 4.25. The average molecular weight is 242 g/mol. The normalized spacial score (nSPS) is 18.4. The van der Waals surface area contributed by atoms with Gasteiger partial charge in [0.15, 0.2) is 0 Å². The van der Waals surface area contributed by atoms with E-state index < -0.39 is 24.3 Å². The fraction of sp³-hybridized carbons (Fsp3) is 0.727. The summed E-state index contributed by atoms with van der Waals surface area (Å²) in [6.45, 7) is 0. The Morgan fingerprint density at radius 1 is 1.24 bits per heavy atom. The predicted octanol–water partition coefficient (Wildman–Crippen LogP) is 0.0115. The van der Waals surface area contributed by atoms with E-state index in [2.05, 4.69) is 5.32 Å². The molecule has 96 valence electrons. The number of hydrogen-bond acceptors (Lipinski definition) is 3. The quantitative estimate of drug-likeness (QED) is 0.630. The molecule has 1 atom stereocenters. The van der Waals surface area contributed by atoms with Crippen molar-refractivity contribution in [3.63, 3.8) is 0 Å². The Kier molecular flexibility index (Phi) is 4.93. The van der Waals surface area contributed by atoms with Crippen LogP contribution in [0.5, 0.6) is 0 Å². The van der Waals surface area contributed by atoms with Crippen molar-refractivity contribution in [2.24, 2.45) is 11.7 Å². The summed E-state index contributed by atoms with van der Waals surface area (Å²) in [5, 5.41) is 11.0. The van der Waals surface area contributed by atoms with Gasteiger partial charge >= 0.3 is 5.97 Å². The van der Waals surface area contributed by atoms with E-state index in [0.29, 0.717) is 0 Å². The summed E-state index contributed by atoms with van der Waals surface area (Å²) in [4.78, 5) is 33.3. The molecule has 0 aromatic carbocycles. The van der Waals surface area contributed by atoms with Crippen LogP contribution >= 0.6 is 0 Å². The summed E-state index contributed by atoms with van der Waals surface area (Å²) in [7, 11) is 0. The van der Waals surface area contributed by atoms with Crippen molar-refractivity contribution >= 4 is 17.8 Å². The van der Waals surface area contributed by atoms with Crippen LogP contribution in [-0.4, -0.2) is 28.9 Å². The van der Waals surface area contributed by atoms with Crippen LogP contribution in [0.1, 0.15) is 38.5 Å². The Labute approximate surface area is 99.6 Å². The lowest BCUT2D eigenvalue weighted by Crippen LogP contribution is -2.47.